The van der Waals surface area contributed by atoms with Crippen molar-refractivity contribution < 1.29 is 9.53 Å². The quantitative estimate of drug-likeness (QED) is 0.750. The number of nitrogens with zero attached hydrogens (tertiary/aromatic N) is 4. The van der Waals surface area contributed by atoms with E-state index in [0.717, 1.165) is 43.4 Å². The molecule has 1 amide bonds. The zero-order valence-electron chi connectivity index (χ0n) is 15.1. The van der Waals surface area contributed by atoms with E-state index < -0.39 is 0 Å². The topological polar surface area (TPSA) is 70.6 Å². The van der Waals surface area contributed by atoms with Crippen molar-refractivity contribution in [2.45, 2.75) is 6.92 Å². The molecule has 138 valence electrons. The lowest BCUT2D eigenvalue weighted by Crippen LogP contribution is -2.50. The summed E-state index contributed by atoms with van der Waals surface area (Å²) in [6.45, 7) is 6.71. The number of anilines is 1. The van der Waals surface area contributed by atoms with Crippen LogP contribution in [0, 0.1) is 6.92 Å². The molecule has 0 radical (unpaired) electrons. The molecule has 7 heteroatoms. The molecule has 1 fully saturated rings. The second-order valence-electron chi connectivity index (χ2n) is 6.33. The molecule has 0 atom stereocenters. The summed E-state index contributed by atoms with van der Waals surface area (Å²) >= 11 is 0. The molecule has 2 heterocycles. The Hall–Kier alpha value is -2.67. The number of carbonyl (C=O) groups is 1. The van der Waals surface area contributed by atoms with Crippen LogP contribution in [0.15, 0.2) is 42.7 Å². The minimum atomic E-state index is 0.0299. The van der Waals surface area contributed by atoms with Gasteiger partial charge in [-0.3, -0.25) is 9.69 Å². The highest BCUT2D eigenvalue weighted by Crippen LogP contribution is 2.12. The summed E-state index contributed by atoms with van der Waals surface area (Å²) in [4.78, 5) is 24.9. The van der Waals surface area contributed by atoms with Gasteiger partial charge in [0.05, 0.1) is 13.1 Å². The lowest BCUT2D eigenvalue weighted by atomic mass is 10.2. The van der Waals surface area contributed by atoms with Crippen LogP contribution in [0.5, 0.6) is 5.75 Å². The smallest absolute Gasteiger partial charge is 0.234 e. The van der Waals surface area contributed by atoms with Crippen molar-refractivity contribution in [2.24, 2.45) is 0 Å². The molecule has 2 aromatic rings. The van der Waals surface area contributed by atoms with Crippen molar-refractivity contribution in [1.29, 1.82) is 0 Å². The maximum absolute atomic E-state index is 12.1. The molecular formula is C19H25N5O2. The van der Waals surface area contributed by atoms with Crippen LogP contribution < -0.4 is 15.0 Å². The van der Waals surface area contributed by atoms with Gasteiger partial charge in [0, 0.05) is 38.6 Å². The average Bonchev–Trinajstić information content (AvgIpc) is 2.67. The SMILES string of the molecule is Cc1cccc(OCCNC(=O)CN2CCN(c3ncccn3)CC2)c1. The second-order valence-corrected chi connectivity index (χ2v) is 6.33. The molecule has 0 aliphatic carbocycles. The maximum Gasteiger partial charge on any atom is 0.234 e. The molecule has 1 saturated heterocycles. The fourth-order valence-corrected chi connectivity index (χ4v) is 2.88. The number of carbonyl (C=O) groups excluding carboxylic acids is 1. The standard InChI is InChI=1S/C19H25N5O2/c1-16-4-2-5-17(14-16)26-13-8-20-18(25)15-23-9-11-24(12-10-23)19-21-6-3-7-22-19/h2-7,14H,8-13,15H2,1H3,(H,20,25). The molecule has 1 N–H and O–H groups in total. The van der Waals surface area contributed by atoms with Gasteiger partial charge in [0.1, 0.15) is 12.4 Å². The van der Waals surface area contributed by atoms with Crippen LogP contribution in [-0.2, 0) is 4.79 Å². The van der Waals surface area contributed by atoms with Gasteiger partial charge in [0.15, 0.2) is 0 Å². The Labute approximate surface area is 154 Å². The van der Waals surface area contributed by atoms with Gasteiger partial charge in [-0.15, -0.1) is 0 Å². The van der Waals surface area contributed by atoms with Gasteiger partial charge < -0.3 is 15.0 Å². The normalized spacial score (nSPS) is 14.9. The van der Waals surface area contributed by atoms with Crippen molar-refractivity contribution in [3.05, 3.63) is 48.3 Å². The van der Waals surface area contributed by atoms with Crippen LogP contribution in [0.2, 0.25) is 0 Å². The van der Waals surface area contributed by atoms with Crippen molar-refractivity contribution in [3.63, 3.8) is 0 Å². The number of aryl methyl sites for hydroxylation is 1. The fraction of sp³-hybridized carbons (Fsp3) is 0.421. The lowest BCUT2D eigenvalue weighted by molar-refractivity contribution is -0.122. The number of rotatable bonds is 7. The van der Waals surface area contributed by atoms with Gasteiger partial charge in [-0.2, -0.15) is 0 Å². The number of ether oxygens (including phenoxy) is 1. The number of nitrogens with one attached hydrogen (secondary N) is 1. The van der Waals surface area contributed by atoms with E-state index in [9.17, 15) is 4.79 Å². The van der Waals surface area contributed by atoms with Gasteiger partial charge >= 0.3 is 0 Å². The van der Waals surface area contributed by atoms with Crippen LogP contribution in [0.1, 0.15) is 5.56 Å². The van der Waals surface area contributed by atoms with E-state index in [0.29, 0.717) is 19.7 Å². The molecular weight excluding hydrogens is 330 g/mol. The molecule has 1 aromatic heterocycles. The summed E-state index contributed by atoms with van der Waals surface area (Å²) in [6, 6.07) is 9.71. The zero-order valence-corrected chi connectivity index (χ0v) is 15.1. The average molecular weight is 355 g/mol. The van der Waals surface area contributed by atoms with Crippen LogP contribution in [0.4, 0.5) is 5.95 Å². The number of hydrogen-bond donors (Lipinski definition) is 1. The van der Waals surface area contributed by atoms with Gasteiger partial charge in [0.2, 0.25) is 11.9 Å². The summed E-state index contributed by atoms with van der Waals surface area (Å²) in [5.41, 5.74) is 1.16. The number of amides is 1. The third-order valence-electron chi connectivity index (χ3n) is 4.26. The first-order chi connectivity index (χ1) is 12.7. The van der Waals surface area contributed by atoms with E-state index >= 15 is 0 Å². The molecule has 1 aliphatic heterocycles. The van der Waals surface area contributed by atoms with Crippen LogP contribution >= 0.6 is 0 Å². The fourth-order valence-electron chi connectivity index (χ4n) is 2.88. The van der Waals surface area contributed by atoms with Gasteiger partial charge in [0.25, 0.3) is 0 Å². The van der Waals surface area contributed by atoms with Crippen molar-refractivity contribution in [2.75, 3.05) is 50.8 Å². The van der Waals surface area contributed by atoms with E-state index in [1.807, 2.05) is 37.3 Å². The largest absolute Gasteiger partial charge is 0.492 e. The molecule has 7 nitrogen and oxygen atoms in total. The monoisotopic (exact) mass is 355 g/mol. The summed E-state index contributed by atoms with van der Waals surface area (Å²) in [6.07, 6.45) is 3.50. The molecule has 26 heavy (non-hydrogen) atoms. The Morgan fingerprint density at radius 3 is 2.65 bits per heavy atom. The minimum absolute atomic E-state index is 0.0299. The summed E-state index contributed by atoms with van der Waals surface area (Å²) in [5, 5.41) is 2.91. The summed E-state index contributed by atoms with van der Waals surface area (Å²) in [5.74, 6) is 1.62. The molecule has 1 aromatic carbocycles. The molecule has 0 spiro atoms. The number of aromatic nitrogens is 2. The first kappa shape index (κ1) is 18.1. The summed E-state index contributed by atoms with van der Waals surface area (Å²) in [7, 11) is 0. The highest BCUT2D eigenvalue weighted by molar-refractivity contribution is 5.78. The lowest BCUT2D eigenvalue weighted by Gasteiger charge is -2.34. The Balaban J connectivity index is 1.32. The second kappa shape index (κ2) is 9.15. The third-order valence-corrected chi connectivity index (χ3v) is 4.26. The summed E-state index contributed by atoms with van der Waals surface area (Å²) < 4.78 is 5.64. The first-order valence-corrected chi connectivity index (χ1v) is 8.91. The Morgan fingerprint density at radius 1 is 1.15 bits per heavy atom. The minimum Gasteiger partial charge on any atom is -0.492 e. The van der Waals surface area contributed by atoms with E-state index in [1.165, 1.54) is 0 Å². The van der Waals surface area contributed by atoms with Crippen LogP contribution in [0.25, 0.3) is 0 Å². The van der Waals surface area contributed by atoms with Crippen LogP contribution in [0.3, 0.4) is 0 Å². The molecule has 0 bridgehead atoms. The predicted octanol–water partition coefficient (Wildman–Crippen LogP) is 1.10. The zero-order chi connectivity index (χ0) is 18.2. The van der Waals surface area contributed by atoms with E-state index in [-0.39, 0.29) is 5.91 Å². The first-order valence-electron chi connectivity index (χ1n) is 8.91. The molecule has 0 unspecified atom stereocenters. The highest BCUT2D eigenvalue weighted by atomic mass is 16.5. The van der Waals surface area contributed by atoms with E-state index in [2.05, 4.69) is 25.1 Å². The van der Waals surface area contributed by atoms with Gasteiger partial charge in [-0.25, -0.2) is 9.97 Å². The Morgan fingerprint density at radius 2 is 1.92 bits per heavy atom. The van der Waals surface area contributed by atoms with E-state index in [1.54, 1.807) is 12.4 Å². The van der Waals surface area contributed by atoms with Gasteiger partial charge in [-0.05, 0) is 30.7 Å². The highest BCUT2D eigenvalue weighted by Gasteiger charge is 2.20. The van der Waals surface area contributed by atoms with Crippen molar-refractivity contribution in [1.82, 2.24) is 20.2 Å². The number of hydrogen-bond acceptors (Lipinski definition) is 6. The molecule has 1 aliphatic rings. The van der Waals surface area contributed by atoms with Crippen molar-refractivity contribution in [3.8, 4) is 5.75 Å². The van der Waals surface area contributed by atoms with Crippen molar-refractivity contribution >= 4 is 11.9 Å². The molecule has 3 rings (SSSR count). The predicted molar refractivity (Wildman–Crippen MR) is 100 cm³/mol. The molecule has 0 saturated carbocycles. The maximum atomic E-state index is 12.1. The number of piperazine rings is 1. The number of benzene rings is 1. The Bertz CT molecular complexity index is 702. The third kappa shape index (κ3) is 5.42. The van der Waals surface area contributed by atoms with Gasteiger partial charge in [-0.1, -0.05) is 12.1 Å². The Kier molecular flexibility index (Phi) is 6.38. The van der Waals surface area contributed by atoms with Crippen LogP contribution in [-0.4, -0.2) is 66.7 Å². The van der Waals surface area contributed by atoms with E-state index in [4.69, 9.17) is 4.74 Å².